The molecule has 3 rings (SSSR count). The molecular formula is C24H29F2N3O2. The van der Waals surface area contributed by atoms with E-state index < -0.39 is 11.9 Å². The molecule has 0 bridgehead atoms. The number of rotatable bonds is 10. The molecule has 0 fully saturated rings. The zero-order valence-electron chi connectivity index (χ0n) is 18.2. The average molecular weight is 430 g/mol. The Balaban J connectivity index is 2.04. The zero-order valence-corrected chi connectivity index (χ0v) is 18.2. The maximum absolute atomic E-state index is 14.4. The molecule has 0 aliphatic heterocycles. The Hall–Kier alpha value is -2.77. The molecule has 1 unspecified atom stereocenters. The number of aliphatic hydroxyl groups excluding tert-OH is 1. The van der Waals surface area contributed by atoms with Crippen molar-refractivity contribution in [2.45, 2.75) is 46.3 Å². The lowest BCUT2D eigenvalue weighted by atomic mass is 10.2. The predicted octanol–water partition coefficient (Wildman–Crippen LogP) is 5.23. The molecule has 1 heterocycles. The van der Waals surface area contributed by atoms with Crippen LogP contribution in [-0.2, 0) is 6.54 Å². The van der Waals surface area contributed by atoms with Gasteiger partial charge in [-0.15, -0.1) is 0 Å². The second-order valence-corrected chi connectivity index (χ2v) is 7.59. The zero-order chi connectivity index (χ0) is 22.4. The maximum Gasteiger partial charge on any atom is 0.227 e. The van der Waals surface area contributed by atoms with Crippen molar-refractivity contribution in [2.75, 3.05) is 13.1 Å². The van der Waals surface area contributed by atoms with Gasteiger partial charge in [0.2, 0.25) is 5.88 Å². The first-order valence-electron chi connectivity index (χ1n) is 10.6. The largest absolute Gasteiger partial charge is 0.435 e. The summed E-state index contributed by atoms with van der Waals surface area (Å²) < 4.78 is 35.4. The topological polar surface area (TPSA) is 50.5 Å². The summed E-state index contributed by atoms with van der Waals surface area (Å²) in [5, 5.41) is 14.8. The number of benzene rings is 2. The van der Waals surface area contributed by atoms with Crippen LogP contribution >= 0.6 is 0 Å². The van der Waals surface area contributed by atoms with Crippen molar-refractivity contribution in [2.24, 2.45) is 0 Å². The molecule has 1 N–H and O–H groups in total. The van der Waals surface area contributed by atoms with Gasteiger partial charge in [0.15, 0.2) is 11.6 Å². The van der Waals surface area contributed by atoms with E-state index in [1.54, 1.807) is 35.0 Å². The van der Waals surface area contributed by atoms with Gasteiger partial charge in [0.1, 0.15) is 5.82 Å². The van der Waals surface area contributed by atoms with Crippen LogP contribution in [0, 0.1) is 18.6 Å². The number of aryl methyl sites for hydroxylation is 1. The minimum Gasteiger partial charge on any atom is -0.435 e. The minimum absolute atomic E-state index is 0.0858. The minimum atomic E-state index is -0.482. The van der Waals surface area contributed by atoms with E-state index in [9.17, 15) is 13.9 Å². The van der Waals surface area contributed by atoms with E-state index in [0.717, 1.165) is 24.2 Å². The summed E-state index contributed by atoms with van der Waals surface area (Å²) in [7, 11) is 0. The summed E-state index contributed by atoms with van der Waals surface area (Å²) in [6.07, 6.45) is 1.15. The van der Waals surface area contributed by atoms with Gasteiger partial charge in [0, 0.05) is 13.1 Å². The summed E-state index contributed by atoms with van der Waals surface area (Å²) in [5.41, 5.74) is 2.13. The van der Waals surface area contributed by atoms with Crippen molar-refractivity contribution < 1.29 is 18.6 Å². The molecule has 31 heavy (non-hydrogen) atoms. The highest BCUT2D eigenvalue weighted by atomic mass is 19.1. The van der Waals surface area contributed by atoms with Crippen LogP contribution in [0.4, 0.5) is 8.78 Å². The molecule has 2 aromatic carbocycles. The van der Waals surface area contributed by atoms with Gasteiger partial charge in [0.25, 0.3) is 0 Å². The van der Waals surface area contributed by atoms with Gasteiger partial charge >= 0.3 is 0 Å². The summed E-state index contributed by atoms with van der Waals surface area (Å²) in [5.74, 6) is -0.374. The number of aromatic nitrogens is 2. The van der Waals surface area contributed by atoms with Gasteiger partial charge in [-0.3, -0.25) is 4.90 Å². The van der Waals surface area contributed by atoms with Crippen LogP contribution in [0.1, 0.15) is 37.9 Å². The molecule has 0 amide bonds. The molecule has 1 atom stereocenters. The number of ether oxygens (including phenoxy) is 1. The first kappa shape index (κ1) is 22.9. The van der Waals surface area contributed by atoms with Crippen LogP contribution in [-0.4, -0.2) is 39.0 Å². The van der Waals surface area contributed by atoms with Crippen LogP contribution in [0.5, 0.6) is 11.6 Å². The average Bonchev–Trinajstić information content (AvgIpc) is 3.05. The van der Waals surface area contributed by atoms with Crippen LogP contribution in [0.2, 0.25) is 0 Å². The fourth-order valence-electron chi connectivity index (χ4n) is 3.42. The number of para-hydroxylation sites is 1. The van der Waals surface area contributed by atoms with Crippen LogP contribution in [0.3, 0.4) is 0 Å². The number of hydrogen-bond acceptors (Lipinski definition) is 4. The van der Waals surface area contributed by atoms with Crippen LogP contribution in [0.15, 0.2) is 48.5 Å². The second-order valence-electron chi connectivity index (χ2n) is 7.59. The Morgan fingerprint density at radius 1 is 1.10 bits per heavy atom. The number of halogens is 2. The lowest BCUT2D eigenvalue weighted by Gasteiger charge is -2.24. The molecule has 3 aromatic rings. The first-order valence-corrected chi connectivity index (χ1v) is 10.6. The lowest BCUT2D eigenvalue weighted by Crippen LogP contribution is -2.32. The van der Waals surface area contributed by atoms with Crippen molar-refractivity contribution in [3.8, 4) is 17.3 Å². The van der Waals surface area contributed by atoms with Gasteiger partial charge < -0.3 is 9.84 Å². The summed E-state index contributed by atoms with van der Waals surface area (Å²) in [4.78, 5) is 2.14. The normalized spacial score (nSPS) is 12.4. The summed E-state index contributed by atoms with van der Waals surface area (Å²) in [6, 6.07) is 12.1. The molecule has 7 heteroatoms. The second kappa shape index (κ2) is 10.5. The van der Waals surface area contributed by atoms with E-state index in [0.29, 0.717) is 31.1 Å². The lowest BCUT2D eigenvalue weighted by molar-refractivity contribution is 0.105. The fraction of sp³-hybridized carbons (Fsp3) is 0.375. The Bertz CT molecular complexity index is 989. The van der Waals surface area contributed by atoms with Crippen molar-refractivity contribution in [3.63, 3.8) is 0 Å². The van der Waals surface area contributed by atoms with Crippen molar-refractivity contribution in [3.05, 3.63) is 71.4 Å². The Labute approximate surface area is 181 Å². The quantitative estimate of drug-likeness (QED) is 0.479. The van der Waals surface area contributed by atoms with E-state index >= 15 is 0 Å². The van der Waals surface area contributed by atoms with Gasteiger partial charge in [-0.05, 0) is 62.7 Å². The van der Waals surface area contributed by atoms with E-state index in [1.165, 1.54) is 18.2 Å². The molecular weight excluding hydrogens is 400 g/mol. The monoisotopic (exact) mass is 429 g/mol. The highest BCUT2D eigenvalue weighted by molar-refractivity contribution is 5.43. The molecule has 0 radical (unpaired) electrons. The summed E-state index contributed by atoms with van der Waals surface area (Å²) >= 11 is 0. The molecule has 0 spiro atoms. The fourth-order valence-corrected chi connectivity index (χ4v) is 3.42. The van der Waals surface area contributed by atoms with E-state index in [-0.39, 0.29) is 11.6 Å². The third-order valence-corrected chi connectivity index (χ3v) is 5.11. The predicted molar refractivity (Wildman–Crippen MR) is 117 cm³/mol. The van der Waals surface area contributed by atoms with Gasteiger partial charge in [-0.1, -0.05) is 26.0 Å². The molecule has 166 valence electrons. The van der Waals surface area contributed by atoms with Crippen molar-refractivity contribution >= 4 is 0 Å². The van der Waals surface area contributed by atoms with Gasteiger partial charge in [0.05, 0.1) is 23.0 Å². The van der Waals surface area contributed by atoms with Crippen molar-refractivity contribution in [1.29, 1.82) is 0 Å². The van der Waals surface area contributed by atoms with E-state index in [2.05, 4.69) is 16.9 Å². The van der Waals surface area contributed by atoms with E-state index in [1.807, 2.05) is 13.8 Å². The number of nitrogens with zero attached hydrogens (tertiary/aromatic N) is 3. The Morgan fingerprint density at radius 3 is 2.45 bits per heavy atom. The third-order valence-electron chi connectivity index (χ3n) is 5.11. The van der Waals surface area contributed by atoms with Crippen LogP contribution < -0.4 is 4.74 Å². The Morgan fingerprint density at radius 2 is 1.81 bits per heavy atom. The molecule has 0 saturated carbocycles. The number of hydrogen-bond donors (Lipinski definition) is 1. The van der Waals surface area contributed by atoms with E-state index in [4.69, 9.17) is 4.74 Å². The molecule has 0 aliphatic rings. The number of aliphatic hydroxyl groups is 1. The molecule has 0 saturated heterocycles. The SMILES string of the molecule is CCCN(Cc1c(C)nn(-c2ccc(F)cc2)c1Oc1ccccc1F)CC(O)CC. The smallest absolute Gasteiger partial charge is 0.227 e. The third kappa shape index (κ3) is 5.68. The highest BCUT2D eigenvalue weighted by Crippen LogP contribution is 2.33. The van der Waals surface area contributed by atoms with Crippen molar-refractivity contribution in [1.82, 2.24) is 14.7 Å². The molecule has 5 nitrogen and oxygen atoms in total. The van der Waals surface area contributed by atoms with Crippen LogP contribution in [0.25, 0.3) is 5.69 Å². The molecule has 1 aromatic heterocycles. The summed E-state index contributed by atoms with van der Waals surface area (Å²) in [6.45, 7) is 7.68. The molecule has 0 aliphatic carbocycles. The Kier molecular flexibility index (Phi) is 7.76. The van der Waals surface area contributed by atoms with Gasteiger partial charge in [-0.2, -0.15) is 5.10 Å². The maximum atomic E-state index is 14.4. The highest BCUT2D eigenvalue weighted by Gasteiger charge is 2.23. The first-order chi connectivity index (χ1) is 14.9. The standard InChI is InChI=1S/C24H29F2N3O2/c1-4-14-28(15-20(30)5-2)16-21-17(3)27-29(19-12-10-18(25)11-13-19)24(21)31-23-9-7-6-8-22(23)26/h6-13,20,30H,4-5,14-16H2,1-3H3. The van der Waals surface area contributed by atoms with Gasteiger partial charge in [-0.25, -0.2) is 13.5 Å².